The molecule has 122 valence electrons. The minimum atomic E-state index is -0.137. The SMILES string of the molecule is Cc1nc2ccccc2c(C)c1CC(=O)Nc1ccc(Cl)cc1Cl. The van der Waals surface area contributed by atoms with E-state index in [0.717, 1.165) is 27.7 Å². The number of halogens is 2. The molecule has 0 radical (unpaired) electrons. The zero-order valence-electron chi connectivity index (χ0n) is 13.4. The van der Waals surface area contributed by atoms with Gasteiger partial charge in [-0.3, -0.25) is 9.78 Å². The highest BCUT2D eigenvalue weighted by atomic mass is 35.5. The second kappa shape index (κ2) is 6.80. The first-order chi connectivity index (χ1) is 11.5. The van der Waals surface area contributed by atoms with E-state index in [4.69, 9.17) is 23.2 Å². The standard InChI is InChI=1S/C19H16Cl2N2O/c1-11-14-5-3-4-6-17(14)22-12(2)15(11)10-19(24)23-18-8-7-13(20)9-16(18)21/h3-9H,10H2,1-2H3,(H,23,24). The predicted molar refractivity (Wildman–Crippen MR) is 100 cm³/mol. The summed E-state index contributed by atoms with van der Waals surface area (Å²) in [7, 11) is 0. The van der Waals surface area contributed by atoms with Gasteiger partial charge in [-0.1, -0.05) is 41.4 Å². The van der Waals surface area contributed by atoms with Gasteiger partial charge in [-0.2, -0.15) is 0 Å². The molecule has 0 aliphatic heterocycles. The van der Waals surface area contributed by atoms with E-state index in [1.807, 2.05) is 38.1 Å². The van der Waals surface area contributed by atoms with Crippen molar-refractivity contribution < 1.29 is 4.79 Å². The monoisotopic (exact) mass is 358 g/mol. The molecule has 1 amide bonds. The summed E-state index contributed by atoms with van der Waals surface area (Å²) < 4.78 is 0. The number of aryl methyl sites for hydroxylation is 2. The van der Waals surface area contributed by atoms with Crippen molar-refractivity contribution >= 4 is 45.7 Å². The van der Waals surface area contributed by atoms with Crippen molar-refractivity contribution in [1.82, 2.24) is 4.98 Å². The van der Waals surface area contributed by atoms with E-state index in [0.29, 0.717) is 15.7 Å². The van der Waals surface area contributed by atoms with Crippen LogP contribution in [0.15, 0.2) is 42.5 Å². The molecule has 0 fully saturated rings. The van der Waals surface area contributed by atoms with E-state index in [9.17, 15) is 4.79 Å². The van der Waals surface area contributed by atoms with Crippen LogP contribution in [0.1, 0.15) is 16.8 Å². The van der Waals surface area contributed by atoms with Crippen molar-refractivity contribution in [3.63, 3.8) is 0 Å². The van der Waals surface area contributed by atoms with Crippen molar-refractivity contribution in [2.24, 2.45) is 0 Å². The van der Waals surface area contributed by atoms with Crippen LogP contribution in [0.4, 0.5) is 5.69 Å². The molecule has 3 aromatic rings. The van der Waals surface area contributed by atoms with Gasteiger partial charge in [-0.15, -0.1) is 0 Å². The number of carbonyl (C=O) groups is 1. The van der Waals surface area contributed by atoms with E-state index < -0.39 is 0 Å². The van der Waals surface area contributed by atoms with E-state index in [1.165, 1.54) is 0 Å². The Morgan fingerprint density at radius 1 is 1.12 bits per heavy atom. The van der Waals surface area contributed by atoms with Gasteiger partial charge in [-0.25, -0.2) is 0 Å². The van der Waals surface area contributed by atoms with E-state index in [2.05, 4.69) is 10.3 Å². The summed E-state index contributed by atoms with van der Waals surface area (Å²) in [5.74, 6) is -0.137. The Labute approximate surface area is 150 Å². The summed E-state index contributed by atoms with van der Waals surface area (Å²) in [5.41, 5.74) is 4.38. The minimum absolute atomic E-state index is 0.137. The number of fused-ring (bicyclic) bond motifs is 1. The van der Waals surface area contributed by atoms with Gasteiger partial charge in [0.05, 0.1) is 22.6 Å². The van der Waals surface area contributed by atoms with Crippen LogP contribution >= 0.6 is 23.2 Å². The molecule has 1 N–H and O–H groups in total. The van der Waals surface area contributed by atoms with Crippen molar-refractivity contribution in [3.05, 3.63) is 69.3 Å². The number of nitrogens with one attached hydrogen (secondary N) is 1. The molecule has 3 nitrogen and oxygen atoms in total. The quantitative estimate of drug-likeness (QED) is 0.686. The van der Waals surface area contributed by atoms with Gasteiger partial charge in [0.2, 0.25) is 5.91 Å². The molecule has 5 heteroatoms. The molecule has 0 aliphatic carbocycles. The number of pyridine rings is 1. The highest BCUT2D eigenvalue weighted by Crippen LogP contribution is 2.26. The Bertz CT molecular complexity index is 938. The number of hydrogen-bond donors (Lipinski definition) is 1. The third-order valence-electron chi connectivity index (χ3n) is 4.03. The van der Waals surface area contributed by atoms with Crippen LogP contribution in [0.3, 0.4) is 0 Å². The molecule has 3 rings (SSSR count). The first-order valence-electron chi connectivity index (χ1n) is 7.55. The maximum atomic E-state index is 12.4. The fraction of sp³-hybridized carbons (Fsp3) is 0.158. The number of anilines is 1. The number of hydrogen-bond acceptors (Lipinski definition) is 2. The Balaban J connectivity index is 1.88. The predicted octanol–water partition coefficient (Wildman–Crippen LogP) is 5.34. The van der Waals surface area contributed by atoms with Crippen LogP contribution in [-0.2, 0) is 11.2 Å². The summed E-state index contributed by atoms with van der Waals surface area (Å²) >= 11 is 12.0. The maximum absolute atomic E-state index is 12.4. The zero-order valence-corrected chi connectivity index (χ0v) is 14.9. The average Bonchev–Trinajstić information content (AvgIpc) is 2.54. The minimum Gasteiger partial charge on any atom is -0.324 e. The Morgan fingerprint density at radius 2 is 1.88 bits per heavy atom. The highest BCUT2D eigenvalue weighted by Gasteiger charge is 2.14. The van der Waals surface area contributed by atoms with Gasteiger partial charge in [0.15, 0.2) is 0 Å². The van der Waals surface area contributed by atoms with E-state index in [1.54, 1.807) is 18.2 Å². The molecule has 0 spiro atoms. The molecule has 0 bridgehead atoms. The lowest BCUT2D eigenvalue weighted by Crippen LogP contribution is -2.16. The molecule has 0 saturated carbocycles. The van der Waals surface area contributed by atoms with Crippen molar-refractivity contribution in [1.29, 1.82) is 0 Å². The topological polar surface area (TPSA) is 42.0 Å². The van der Waals surface area contributed by atoms with Crippen LogP contribution in [0.2, 0.25) is 10.0 Å². The van der Waals surface area contributed by atoms with Crippen molar-refractivity contribution in [2.75, 3.05) is 5.32 Å². The number of rotatable bonds is 3. The third-order valence-corrected chi connectivity index (χ3v) is 4.58. The Kier molecular flexibility index (Phi) is 4.74. The summed E-state index contributed by atoms with van der Waals surface area (Å²) in [5, 5.41) is 4.84. The van der Waals surface area contributed by atoms with E-state index in [-0.39, 0.29) is 12.3 Å². The summed E-state index contributed by atoms with van der Waals surface area (Å²) in [4.78, 5) is 17.0. The summed E-state index contributed by atoms with van der Waals surface area (Å²) in [6.07, 6.45) is 0.245. The number of benzene rings is 2. The number of carbonyl (C=O) groups excluding carboxylic acids is 1. The summed E-state index contributed by atoms with van der Waals surface area (Å²) in [6.45, 7) is 3.95. The average molecular weight is 359 g/mol. The first-order valence-corrected chi connectivity index (χ1v) is 8.31. The number of para-hydroxylation sites is 1. The van der Waals surface area contributed by atoms with Gasteiger partial charge in [-0.05, 0) is 49.2 Å². The van der Waals surface area contributed by atoms with Gasteiger partial charge >= 0.3 is 0 Å². The fourth-order valence-electron chi connectivity index (χ4n) is 2.78. The lowest BCUT2D eigenvalue weighted by Gasteiger charge is -2.13. The van der Waals surface area contributed by atoms with Crippen LogP contribution < -0.4 is 5.32 Å². The van der Waals surface area contributed by atoms with Gasteiger partial charge in [0, 0.05) is 16.1 Å². The molecular weight excluding hydrogens is 343 g/mol. The lowest BCUT2D eigenvalue weighted by molar-refractivity contribution is -0.115. The summed E-state index contributed by atoms with van der Waals surface area (Å²) in [6, 6.07) is 12.9. The normalized spacial score (nSPS) is 10.8. The van der Waals surface area contributed by atoms with Crippen LogP contribution in [0.5, 0.6) is 0 Å². The van der Waals surface area contributed by atoms with Crippen LogP contribution in [0, 0.1) is 13.8 Å². The molecule has 1 aromatic heterocycles. The fourth-order valence-corrected chi connectivity index (χ4v) is 3.23. The molecule has 0 saturated heterocycles. The molecule has 0 aliphatic rings. The molecule has 1 heterocycles. The molecule has 0 unspecified atom stereocenters. The molecule has 24 heavy (non-hydrogen) atoms. The van der Waals surface area contributed by atoms with Crippen molar-refractivity contribution in [2.45, 2.75) is 20.3 Å². The zero-order chi connectivity index (χ0) is 17.3. The van der Waals surface area contributed by atoms with Gasteiger partial charge in [0.1, 0.15) is 0 Å². The van der Waals surface area contributed by atoms with Gasteiger partial charge in [0.25, 0.3) is 0 Å². The first kappa shape index (κ1) is 16.7. The molecular formula is C19H16Cl2N2O. The lowest BCUT2D eigenvalue weighted by atomic mass is 9.99. The van der Waals surface area contributed by atoms with Crippen LogP contribution in [0.25, 0.3) is 10.9 Å². The van der Waals surface area contributed by atoms with Crippen molar-refractivity contribution in [3.8, 4) is 0 Å². The molecule has 2 aromatic carbocycles. The second-order valence-corrected chi connectivity index (χ2v) is 6.51. The van der Waals surface area contributed by atoms with Crippen LogP contribution in [-0.4, -0.2) is 10.9 Å². The largest absolute Gasteiger partial charge is 0.324 e. The second-order valence-electron chi connectivity index (χ2n) is 5.67. The molecule has 0 atom stereocenters. The Morgan fingerprint density at radius 3 is 2.62 bits per heavy atom. The number of nitrogens with zero attached hydrogens (tertiary/aromatic N) is 1. The maximum Gasteiger partial charge on any atom is 0.228 e. The number of aromatic nitrogens is 1. The van der Waals surface area contributed by atoms with Gasteiger partial charge < -0.3 is 5.32 Å². The Hall–Kier alpha value is -2.10. The smallest absolute Gasteiger partial charge is 0.228 e. The highest BCUT2D eigenvalue weighted by molar-refractivity contribution is 6.36. The third kappa shape index (κ3) is 3.37. The number of amides is 1. The van der Waals surface area contributed by atoms with E-state index >= 15 is 0 Å².